The molecule has 21 heavy (non-hydrogen) atoms. The summed E-state index contributed by atoms with van der Waals surface area (Å²) in [7, 11) is 0. The summed E-state index contributed by atoms with van der Waals surface area (Å²) in [6.07, 6.45) is 4.14. The number of hydrogen-bond donors (Lipinski definition) is 0. The molecule has 0 atom stereocenters. The number of anilines is 1. The summed E-state index contributed by atoms with van der Waals surface area (Å²) in [6.45, 7) is 7.12. The maximum absolute atomic E-state index is 6.00. The van der Waals surface area contributed by atoms with Gasteiger partial charge in [-0.05, 0) is 24.6 Å². The Balaban J connectivity index is 1.77. The van der Waals surface area contributed by atoms with Crippen molar-refractivity contribution in [3.8, 4) is 5.95 Å². The van der Waals surface area contributed by atoms with E-state index in [0.29, 0.717) is 11.9 Å². The van der Waals surface area contributed by atoms with Crippen LogP contribution in [0.1, 0.15) is 13.3 Å². The fraction of sp³-hybridized carbons (Fsp3) is 0.583. The number of halogens is 1. The third kappa shape index (κ3) is 3.27. The van der Waals surface area contributed by atoms with E-state index in [1.807, 2.05) is 0 Å². The second kappa shape index (κ2) is 6.31. The Hall–Kier alpha value is -1.80. The molecule has 1 aliphatic heterocycles. The Morgan fingerprint density at radius 3 is 2.52 bits per heavy atom. The van der Waals surface area contributed by atoms with Crippen molar-refractivity contribution < 1.29 is 0 Å². The normalized spacial score (nSPS) is 16.4. The van der Waals surface area contributed by atoms with Gasteiger partial charge < -0.3 is 4.90 Å². The van der Waals surface area contributed by atoms with E-state index in [0.717, 1.165) is 32.7 Å². The fourth-order valence-electron chi connectivity index (χ4n) is 2.37. The Bertz CT molecular complexity index is 579. The highest BCUT2D eigenvalue weighted by atomic mass is 35.5. The lowest BCUT2D eigenvalue weighted by Gasteiger charge is -2.34. The third-order valence-electron chi connectivity index (χ3n) is 3.40. The smallest absolute Gasteiger partial charge is 0.258 e. The summed E-state index contributed by atoms with van der Waals surface area (Å²) in [5.74, 6) is 0.982. The first-order valence-corrected chi connectivity index (χ1v) is 7.38. The van der Waals surface area contributed by atoms with Crippen molar-refractivity contribution in [2.75, 3.05) is 37.6 Å². The van der Waals surface area contributed by atoms with Gasteiger partial charge in [0.15, 0.2) is 0 Å². The van der Waals surface area contributed by atoms with Crippen LogP contribution in [0.4, 0.5) is 5.95 Å². The molecular weight excluding hydrogens is 292 g/mol. The molecule has 112 valence electrons. The van der Waals surface area contributed by atoms with Gasteiger partial charge in [-0.2, -0.15) is 24.7 Å². The van der Waals surface area contributed by atoms with Gasteiger partial charge in [-0.15, -0.1) is 0 Å². The maximum Gasteiger partial charge on any atom is 0.258 e. The van der Waals surface area contributed by atoms with E-state index in [9.17, 15) is 0 Å². The van der Waals surface area contributed by atoms with Crippen LogP contribution in [0.15, 0.2) is 12.7 Å². The minimum atomic E-state index is 0.168. The first-order valence-electron chi connectivity index (χ1n) is 7.00. The van der Waals surface area contributed by atoms with Crippen molar-refractivity contribution in [3.63, 3.8) is 0 Å². The topological polar surface area (TPSA) is 75.9 Å². The molecule has 3 heterocycles. The molecule has 3 rings (SSSR count). The van der Waals surface area contributed by atoms with Crippen LogP contribution in [0.3, 0.4) is 0 Å². The van der Waals surface area contributed by atoms with Gasteiger partial charge in [0.05, 0.1) is 0 Å². The molecule has 9 heteroatoms. The molecule has 2 aromatic heterocycles. The van der Waals surface area contributed by atoms with Crippen LogP contribution in [-0.4, -0.2) is 67.3 Å². The predicted octanol–water partition coefficient (Wildman–Crippen LogP) is 0.638. The Labute approximate surface area is 127 Å². The van der Waals surface area contributed by atoms with E-state index in [4.69, 9.17) is 11.6 Å². The van der Waals surface area contributed by atoms with E-state index in [1.165, 1.54) is 23.8 Å². The first kappa shape index (κ1) is 14.2. The monoisotopic (exact) mass is 308 g/mol. The van der Waals surface area contributed by atoms with E-state index in [1.54, 1.807) is 0 Å². The summed E-state index contributed by atoms with van der Waals surface area (Å²) in [6, 6.07) is 0. The number of aromatic nitrogens is 6. The van der Waals surface area contributed by atoms with Gasteiger partial charge >= 0.3 is 0 Å². The lowest BCUT2D eigenvalue weighted by Crippen LogP contribution is -2.47. The standard InChI is InChI=1S/C12H17ClN8/c1-2-3-19-4-6-20(7-5-19)11-16-10(13)17-12(18-11)21-9-14-8-15-21/h8-9H,2-7H2,1H3. The Morgan fingerprint density at radius 1 is 1.10 bits per heavy atom. The molecule has 0 aromatic carbocycles. The molecule has 1 aliphatic rings. The van der Waals surface area contributed by atoms with Crippen molar-refractivity contribution in [1.29, 1.82) is 0 Å². The third-order valence-corrected chi connectivity index (χ3v) is 3.57. The van der Waals surface area contributed by atoms with Crippen LogP contribution in [0.25, 0.3) is 5.95 Å². The molecule has 8 nitrogen and oxygen atoms in total. The largest absolute Gasteiger partial charge is 0.338 e. The highest BCUT2D eigenvalue weighted by Crippen LogP contribution is 2.15. The lowest BCUT2D eigenvalue weighted by atomic mass is 10.3. The van der Waals surface area contributed by atoms with Gasteiger partial charge in [-0.1, -0.05) is 6.92 Å². The number of nitrogens with zero attached hydrogens (tertiary/aromatic N) is 8. The van der Waals surface area contributed by atoms with E-state index >= 15 is 0 Å². The summed E-state index contributed by atoms with van der Waals surface area (Å²) >= 11 is 6.00. The molecule has 0 amide bonds. The van der Waals surface area contributed by atoms with Gasteiger partial charge in [0.25, 0.3) is 5.95 Å². The highest BCUT2D eigenvalue weighted by molar-refractivity contribution is 6.28. The molecule has 0 spiro atoms. The first-order chi connectivity index (χ1) is 10.3. The van der Waals surface area contributed by atoms with Gasteiger partial charge in [-0.3, -0.25) is 4.90 Å². The van der Waals surface area contributed by atoms with E-state index < -0.39 is 0 Å². The molecule has 0 N–H and O–H groups in total. The fourth-order valence-corrected chi connectivity index (χ4v) is 2.52. The number of rotatable bonds is 4. The van der Waals surface area contributed by atoms with Gasteiger partial charge in [0.1, 0.15) is 12.7 Å². The summed E-state index contributed by atoms with van der Waals surface area (Å²) in [4.78, 5) is 21.2. The second-order valence-electron chi connectivity index (χ2n) is 4.87. The zero-order valence-corrected chi connectivity index (χ0v) is 12.6. The van der Waals surface area contributed by atoms with Gasteiger partial charge in [0, 0.05) is 26.2 Å². The minimum absolute atomic E-state index is 0.168. The van der Waals surface area contributed by atoms with Crippen LogP contribution in [0.2, 0.25) is 5.28 Å². The molecule has 0 saturated carbocycles. The van der Waals surface area contributed by atoms with Crippen LogP contribution in [0.5, 0.6) is 0 Å². The van der Waals surface area contributed by atoms with Gasteiger partial charge in [0.2, 0.25) is 11.2 Å². The van der Waals surface area contributed by atoms with E-state index in [2.05, 4.69) is 41.8 Å². The summed E-state index contributed by atoms with van der Waals surface area (Å²) in [5.41, 5.74) is 0. The lowest BCUT2D eigenvalue weighted by molar-refractivity contribution is 0.257. The van der Waals surface area contributed by atoms with Gasteiger partial charge in [-0.25, -0.2) is 4.98 Å². The maximum atomic E-state index is 6.00. The average Bonchev–Trinajstić information content (AvgIpc) is 3.02. The number of piperazine rings is 1. The summed E-state index contributed by atoms with van der Waals surface area (Å²) in [5, 5.41) is 4.19. The average molecular weight is 309 g/mol. The van der Waals surface area contributed by atoms with Crippen LogP contribution in [0, 0.1) is 0 Å². The molecule has 1 fully saturated rings. The van der Waals surface area contributed by atoms with E-state index in [-0.39, 0.29) is 5.28 Å². The molecule has 0 bridgehead atoms. The molecule has 0 aliphatic carbocycles. The van der Waals surface area contributed by atoms with Crippen LogP contribution in [-0.2, 0) is 0 Å². The summed E-state index contributed by atoms with van der Waals surface area (Å²) < 4.78 is 1.48. The minimum Gasteiger partial charge on any atom is -0.338 e. The quantitative estimate of drug-likeness (QED) is 0.820. The van der Waals surface area contributed by atoms with Crippen molar-refractivity contribution >= 4 is 17.5 Å². The zero-order chi connectivity index (χ0) is 14.7. The van der Waals surface area contributed by atoms with Crippen LogP contribution < -0.4 is 4.90 Å². The van der Waals surface area contributed by atoms with Crippen molar-refractivity contribution in [3.05, 3.63) is 17.9 Å². The SMILES string of the molecule is CCCN1CCN(c2nc(Cl)nc(-n3cncn3)n2)CC1. The molecule has 0 radical (unpaired) electrons. The molecule has 2 aromatic rings. The molecule has 0 unspecified atom stereocenters. The Kier molecular flexibility index (Phi) is 4.26. The zero-order valence-electron chi connectivity index (χ0n) is 11.9. The van der Waals surface area contributed by atoms with Crippen molar-refractivity contribution in [1.82, 2.24) is 34.6 Å². The Morgan fingerprint density at radius 2 is 1.86 bits per heavy atom. The van der Waals surface area contributed by atoms with Crippen LogP contribution >= 0.6 is 11.6 Å². The highest BCUT2D eigenvalue weighted by Gasteiger charge is 2.20. The molecular formula is C12H17ClN8. The molecule has 1 saturated heterocycles. The second-order valence-corrected chi connectivity index (χ2v) is 5.21. The van der Waals surface area contributed by atoms with Crippen molar-refractivity contribution in [2.45, 2.75) is 13.3 Å². The van der Waals surface area contributed by atoms with Crippen molar-refractivity contribution in [2.24, 2.45) is 0 Å². The predicted molar refractivity (Wildman–Crippen MR) is 78.7 cm³/mol. The number of hydrogen-bond acceptors (Lipinski definition) is 7.